The number of benzene rings is 8. The summed E-state index contributed by atoms with van der Waals surface area (Å²) in [4.78, 5) is 20.4. The number of aryl methyl sites for hydroxylation is 6. The summed E-state index contributed by atoms with van der Waals surface area (Å²) in [6.45, 7) is 13.2. The molecule has 302 valence electrons. The van der Waals surface area contributed by atoms with Crippen molar-refractivity contribution in [2.24, 2.45) is 0 Å². The van der Waals surface area contributed by atoms with Crippen LogP contribution in [0.4, 0.5) is 34.4 Å². The Bertz CT molecular complexity index is 2890. The van der Waals surface area contributed by atoms with Crippen LogP contribution in [0.1, 0.15) is 33.4 Å². The third-order valence-corrected chi connectivity index (χ3v) is 11.4. The highest BCUT2D eigenvalue weighted by Crippen LogP contribution is 2.44. The number of hydrogen-bond acceptors (Lipinski definition) is 5. The summed E-state index contributed by atoms with van der Waals surface area (Å²) in [5.74, 6) is 1.71. The van der Waals surface area contributed by atoms with E-state index in [1.165, 1.54) is 44.8 Å². The first kappa shape index (κ1) is 39.8. The third-order valence-electron chi connectivity index (χ3n) is 11.4. The van der Waals surface area contributed by atoms with Crippen LogP contribution in [0, 0.1) is 41.5 Å². The van der Waals surface area contributed by atoms with E-state index in [0.29, 0.717) is 17.6 Å². The average Bonchev–Trinajstić information content (AvgIpc) is 3.29. The molecule has 0 saturated heterocycles. The molecule has 1 aromatic heterocycles. The molecule has 62 heavy (non-hydrogen) atoms. The first-order chi connectivity index (χ1) is 30.2. The summed E-state index contributed by atoms with van der Waals surface area (Å²) in [5, 5.41) is 0. The molecular weight excluding hydrogens is 755 g/mol. The molecule has 1 heterocycles. The second-order valence-electron chi connectivity index (χ2n) is 16.2. The van der Waals surface area contributed by atoms with Gasteiger partial charge in [-0.25, -0.2) is 4.98 Å². The fraction of sp³-hybridized carbons (Fsp3) is 0.105. The number of hydrogen-bond donors (Lipinski definition) is 0. The lowest BCUT2D eigenvalue weighted by atomic mass is 9.98. The molecule has 0 saturated carbocycles. The minimum Gasteiger partial charge on any atom is -0.309 e. The molecule has 0 radical (unpaired) electrons. The molecule has 9 rings (SSSR count). The Kier molecular flexibility index (Phi) is 11.0. The Morgan fingerprint density at radius 2 is 0.677 bits per heavy atom. The lowest BCUT2D eigenvalue weighted by Crippen LogP contribution is -2.17. The molecule has 0 amide bonds. The smallest absolute Gasteiger partial charge is 0.238 e. The van der Waals surface area contributed by atoms with Crippen molar-refractivity contribution in [3.63, 3.8) is 0 Å². The van der Waals surface area contributed by atoms with Crippen molar-refractivity contribution in [1.82, 2.24) is 15.0 Å². The molecule has 0 atom stereocenters. The van der Waals surface area contributed by atoms with Crippen molar-refractivity contribution in [1.29, 1.82) is 0 Å². The van der Waals surface area contributed by atoms with E-state index in [1.54, 1.807) is 0 Å². The highest BCUT2D eigenvalue weighted by molar-refractivity contribution is 5.86. The number of nitrogens with zero attached hydrogens (tertiary/aromatic N) is 5. The molecule has 0 unspecified atom stereocenters. The zero-order valence-corrected chi connectivity index (χ0v) is 36.1. The van der Waals surface area contributed by atoms with E-state index < -0.39 is 0 Å². The number of aromatic nitrogens is 3. The molecule has 0 aliphatic rings. The van der Waals surface area contributed by atoms with Crippen LogP contribution in [0.15, 0.2) is 188 Å². The van der Waals surface area contributed by atoms with Gasteiger partial charge >= 0.3 is 0 Å². The fourth-order valence-corrected chi connectivity index (χ4v) is 8.83. The molecule has 0 spiro atoms. The van der Waals surface area contributed by atoms with Crippen LogP contribution in [0.25, 0.3) is 45.0 Å². The van der Waals surface area contributed by atoms with Gasteiger partial charge in [0.15, 0.2) is 11.6 Å². The van der Waals surface area contributed by atoms with Gasteiger partial charge in [0.25, 0.3) is 0 Å². The van der Waals surface area contributed by atoms with Gasteiger partial charge in [-0.2, -0.15) is 9.97 Å². The molecule has 5 nitrogen and oxygen atoms in total. The van der Waals surface area contributed by atoms with Crippen molar-refractivity contribution < 1.29 is 0 Å². The van der Waals surface area contributed by atoms with Crippen molar-refractivity contribution in [3.8, 4) is 45.0 Å². The molecule has 0 N–H and O–H groups in total. The molecular formula is C57H49N5. The van der Waals surface area contributed by atoms with E-state index in [1.807, 2.05) is 36.4 Å². The van der Waals surface area contributed by atoms with Gasteiger partial charge in [0.05, 0.1) is 11.4 Å². The molecule has 0 fully saturated rings. The van der Waals surface area contributed by atoms with E-state index in [2.05, 4.69) is 203 Å². The predicted molar refractivity (Wildman–Crippen MR) is 259 cm³/mol. The van der Waals surface area contributed by atoms with Gasteiger partial charge in [-0.3, -0.25) is 4.90 Å². The lowest BCUT2D eigenvalue weighted by molar-refractivity contribution is 1.02. The number of anilines is 6. The Morgan fingerprint density at radius 1 is 0.306 bits per heavy atom. The van der Waals surface area contributed by atoms with Gasteiger partial charge in [0, 0.05) is 28.2 Å². The van der Waals surface area contributed by atoms with Crippen LogP contribution < -0.4 is 9.80 Å². The average molecular weight is 804 g/mol. The van der Waals surface area contributed by atoms with E-state index in [-0.39, 0.29) is 0 Å². The van der Waals surface area contributed by atoms with Gasteiger partial charge < -0.3 is 4.90 Å². The maximum atomic E-state index is 5.36. The fourth-order valence-electron chi connectivity index (χ4n) is 8.83. The molecule has 0 bridgehead atoms. The highest BCUT2D eigenvalue weighted by atomic mass is 15.3. The van der Waals surface area contributed by atoms with Crippen LogP contribution in [0.2, 0.25) is 0 Å². The summed E-state index contributed by atoms with van der Waals surface area (Å²) < 4.78 is 0. The van der Waals surface area contributed by atoms with Crippen molar-refractivity contribution >= 4 is 34.4 Å². The second-order valence-corrected chi connectivity index (χ2v) is 16.2. The van der Waals surface area contributed by atoms with Crippen LogP contribution in [-0.4, -0.2) is 15.0 Å². The predicted octanol–water partition coefficient (Wildman–Crippen LogP) is 15.3. The van der Waals surface area contributed by atoms with Crippen LogP contribution in [-0.2, 0) is 0 Å². The quantitative estimate of drug-likeness (QED) is 0.138. The molecule has 8 aromatic carbocycles. The Balaban J connectivity index is 1.25. The summed E-state index contributed by atoms with van der Waals surface area (Å²) in [7, 11) is 0. The van der Waals surface area contributed by atoms with Crippen molar-refractivity contribution in [2.75, 3.05) is 9.80 Å². The molecule has 0 aliphatic carbocycles. The van der Waals surface area contributed by atoms with Crippen LogP contribution in [0.5, 0.6) is 0 Å². The monoisotopic (exact) mass is 803 g/mol. The van der Waals surface area contributed by atoms with Gasteiger partial charge in [-0.15, -0.1) is 0 Å². The summed E-state index contributed by atoms with van der Waals surface area (Å²) >= 11 is 0. The molecule has 9 aromatic rings. The highest BCUT2D eigenvalue weighted by Gasteiger charge is 2.24. The summed E-state index contributed by atoms with van der Waals surface area (Å²) in [5.41, 5.74) is 19.0. The van der Waals surface area contributed by atoms with E-state index in [0.717, 1.165) is 50.4 Å². The van der Waals surface area contributed by atoms with Crippen LogP contribution in [0.3, 0.4) is 0 Å². The maximum Gasteiger partial charge on any atom is 0.238 e. The first-order valence-electron chi connectivity index (χ1n) is 21.2. The SMILES string of the molecule is Cc1cc(C)c(N(c2ccc(N(c3ccc(-c4ccccc4)cc3)c3nc(-c4ccccc4)nc(-c4ccccc4-c4ccccc4)n3)cc2)c2c(C)cc(C)cc2C)c(C)c1. The minimum atomic E-state index is 0.518. The zero-order chi connectivity index (χ0) is 42.7. The topological polar surface area (TPSA) is 45.2 Å². The molecule has 0 aliphatic heterocycles. The summed E-state index contributed by atoms with van der Waals surface area (Å²) in [6, 6.07) is 66.0. The maximum absolute atomic E-state index is 5.36. The first-order valence-corrected chi connectivity index (χ1v) is 21.2. The van der Waals surface area contributed by atoms with Gasteiger partial charge in [0.1, 0.15) is 0 Å². The van der Waals surface area contributed by atoms with Crippen LogP contribution >= 0.6 is 0 Å². The normalized spacial score (nSPS) is 11.1. The van der Waals surface area contributed by atoms with Crippen molar-refractivity contribution in [2.45, 2.75) is 41.5 Å². The van der Waals surface area contributed by atoms with E-state index >= 15 is 0 Å². The Morgan fingerprint density at radius 3 is 1.18 bits per heavy atom. The zero-order valence-electron chi connectivity index (χ0n) is 36.1. The Labute approximate surface area is 365 Å². The van der Waals surface area contributed by atoms with Gasteiger partial charge in [-0.1, -0.05) is 163 Å². The van der Waals surface area contributed by atoms with E-state index in [9.17, 15) is 0 Å². The minimum absolute atomic E-state index is 0.518. The molecule has 5 heteroatoms. The van der Waals surface area contributed by atoms with Gasteiger partial charge in [-0.05, 0) is 122 Å². The van der Waals surface area contributed by atoms with Crippen molar-refractivity contribution in [3.05, 3.63) is 221 Å². The third kappa shape index (κ3) is 8.01. The number of rotatable bonds is 10. The lowest BCUT2D eigenvalue weighted by Gasteiger charge is -2.32. The Hall–Kier alpha value is -7.63. The second kappa shape index (κ2) is 17.2. The van der Waals surface area contributed by atoms with Gasteiger partial charge in [0.2, 0.25) is 5.95 Å². The van der Waals surface area contributed by atoms with E-state index in [4.69, 9.17) is 15.0 Å². The standard InChI is InChI=1S/C57H49N5/c1-38-34-40(3)53(41(4)35-38)62(54-42(5)36-39(2)37-43(54)6)50-32-30-49(31-33-50)61(48-28-26-45(27-29-48)44-18-10-7-11-19-44)57-59-55(47-22-14-9-15-23-47)58-56(60-57)52-25-17-16-24-51(52)46-20-12-8-13-21-46/h7-37H,1-6H3. The summed E-state index contributed by atoms with van der Waals surface area (Å²) in [6.07, 6.45) is 0. The largest absolute Gasteiger partial charge is 0.309 e.